The van der Waals surface area contributed by atoms with Gasteiger partial charge in [0.2, 0.25) is 0 Å². The maximum Gasteiger partial charge on any atom is 0.000691 e. The number of nitrogens with zero attached hydrogens (tertiary/aromatic N) is 1. The fraction of sp³-hybridized carbons (Fsp3) is 1.00. The van der Waals surface area contributed by atoms with E-state index in [1.807, 2.05) is 0 Å². The first-order chi connectivity index (χ1) is 4.33. The van der Waals surface area contributed by atoms with E-state index in [2.05, 4.69) is 18.7 Å². The van der Waals surface area contributed by atoms with Crippen molar-refractivity contribution in [1.29, 1.82) is 0 Å². The Bertz CT molecular complexity index is 80.6. The SMILES string of the molecule is CCN1CCC[C@H](C)C1. The predicted molar refractivity (Wildman–Crippen MR) is 40.5 cm³/mol. The number of likely N-dealkylation sites (tertiary alicyclic amines) is 1. The van der Waals surface area contributed by atoms with Crippen molar-refractivity contribution >= 4 is 0 Å². The third-order valence-electron chi connectivity index (χ3n) is 2.19. The second-order valence-electron chi connectivity index (χ2n) is 3.14. The van der Waals surface area contributed by atoms with Gasteiger partial charge in [0.25, 0.3) is 0 Å². The molecule has 0 amide bonds. The molecule has 1 fully saturated rings. The van der Waals surface area contributed by atoms with Crippen LogP contribution >= 0.6 is 0 Å². The molecule has 1 heteroatoms. The first-order valence-corrected chi connectivity index (χ1v) is 4.05. The molecule has 0 saturated carbocycles. The van der Waals surface area contributed by atoms with Gasteiger partial charge in [0, 0.05) is 6.54 Å². The van der Waals surface area contributed by atoms with Crippen molar-refractivity contribution in [3.05, 3.63) is 0 Å². The van der Waals surface area contributed by atoms with Crippen LogP contribution < -0.4 is 0 Å². The van der Waals surface area contributed by atoms with E-state index >= 15 is 0 Å². The largest absolute Gasteiger partial charge is 0.303 e. The van der Waals surface area contributed by atoms with E-state index in [9.17, 15) is 0 Å². The van der Waals surface area contributed by atoms with Gasteiger partial charge in [0.1, 0.15) is 0 Å². The van der Waals surface area contributed by atoms with Crippen LogP contribution in [0.15, 0.2) is 0 Å². The highest BCUT2D eigenvalue weighted by atomic mass is 15.1. The molecule has 1 aliphatic rings. The summed E-state index contributed by atoms with van der Waals surface area (Å²) in [5.41, 5.74) is 0. The van der Waals surface area contributed by atoms with Crippen LogP contribution in [-0.2, 0) is 0 Å². The fourth-order valence-corrected chi connectivity index (χ4v) is 1.57. The average Bonchev–Trinajstić information content (AvgIpc) is 1.88. The highest BCUT2D eigenvalue weighted by molar-refractivity contribution is 4.67. The maximum absolute atomic E-state index is 2.54. The molecule has 1 nitrogen and oxygen atoms in total. The van der Waals surface area contributed by atoms with Gasteiger partial charge in [-0.15, -0.1) is 0 Å². The van der Waals surface area contributed by atoms with Crippen molar-refractivity contribution in [2.45, 2.75) is 26.7 Å². The van der Waals surface area contributed by atoms with Crippen LogP contribution in [0.5, 0.6) is 0 Å². The molecular formula is C8H17N. The molecule has 1 heterocycles. The Labute approximate surface area is 58.0 Å². The summed E-state index contributed by atoms with van der Waals surface area (Å²) in [6, 6.07) is 0. The first kappa shape index (κ1) is 7.07. The maximum atomic E-state index is 2.54. The minimum Gasteiger partial charge on any atom is -0.303 e. The molecule has 0 unspecified atom stereocenters. The Morgan fingerprint density at radius 2 is 2.33 bits per heavy atom. The molecule has 1 atom stereocenters. The van der Waals surface area contributed by atoms with E-state index in [0.29, 0.717) is 0 Å². The minimum absolute atomic E-state index is 0.943. The predicted octanol–water partition coefficient (Wildman–Crippen LogP) is 1.74. The molecule has 1 rings (SSSR count). The van der Waals surface area contributed by atoms with Crippen LogP contribution in [0.3, 0.4) is 0 Å². The van der Waals surface area contributed by atoms with Crippen LogP contribution in [0.2, 0.25) is 0 Å². The third kappa shape index (κ3) is 1.98. The highest BCUT2D eigenvalue weighted by Crippen LogP contribution is 2.14. The molecule has 0 spiro atoms. The van der Waals surface area contributed by atoms with Gasteiger partial charge in [-0.2, -0.15) is 0 Å². The van der Waals surface area contributed by atoms with E-state index in [1.165, 1.54) is 32.5 Å². The minimum atomic E-state index is 0.943. The van der Waals surface area contributed by atoms with Crippen molar-refractivity contribution in [3.63, 3.8) is 0 Å². The van der Waals surface area contributed by atoms with Crippen LogP contribution in [0.1, 0.15) is 26.7 Å². The van der Waals surface area contributed by atoms with Gasteiger partial charge in [-0.1, -0.05) is 13.8 Å². The van der Waals surface area contributed by atoms with Crippen molar-refractivity contribution in [1.82, 2.24) is 4.90 Å². The summed E-state index contributed by atoms with van der Waals surface area (Å²) in [5, 5.41) is 0. The van der Waals surface area contributed by atoms with E-state index in [-0.39, 0.29) is 0 Å². The second-order valence-corrected chi connectivity index (χ2v) is 3.14. The Balaban J connectivity index is 2.23. The summed E-state index contributed by atoms with van der Waals surface area (Å²) in [5.74, 6) is 0.943. The molecule has 0 aromatic rings. The second kappa shape index (κ2) is 3.21. The van der Waals surface area contributed by atoms with Crippen molar-refractivity contribution < 1.29 is 0 Å². The third-order valence-corrected chi connectivity index (χ3v) is 2.19. The quantitative estimate of drug-likeness (QED) is 0.518. The summed E-state index contributed by atoms with van der Waals surface area (Å²) in [4.78, 5) is 2.54. The molecule has 1 saturated heterocycles. The Hall–Kier alpha value is -0.0400. The Kier molecular flexibility index (Phi) is 2.52. The number of hydrogen-bond acceptors (Lipinski definition) is 1. The summed E-state index contributed by atoms with van der Waals surface area (Å²) in [6.07, 6.45) is 2.85. The summed E-state index contributed by atoms with van der Waals surface area (Å²) >= 11 is 0. The zero-order valence-corrected chi connectivity index (χ0v) is 6.56. The van der Waals surface area contributed by atoms with Crippen LogP contribution in [0, 0.1) is 5.92 Å². The molecule has 0 aliphatic carbocycles. The average molecular weight is 127 g/mol. The standard InChI is InChI=1S/C8H17N/c1-3-9-6-4-5-8(2)7-9/h8H,3-7H2,1-2H3/t8-/m0/s1. The first-order valence-electron chi connectivity index (χ1n) is 4.05. The summed E-state index contributed by atoms with van der Waals surface area (Å²) in [7, 11) is 0. The molecular weight excluding hydrogens is 110 g/mol. The van der Waals surface area contributed by atoms with Crippen molar-refractivity contribution in [2.24, 2.45) is 5.92 Å². The lowest BCUT2D eigenvalue weighted by Gasteiger charge is -2.29. The summed E-state index contributed by atoms with van der Waals surface area (Å²) in [6.45, 7) is 8.50. The molecule has 1 aliphatic heterocycles. The molecule has 9 heavy (non-hydrogen) atoms. The van der Waals surface area contributed by atoms with Crippen LogP contribution in [-0.4, -0.2) is 24.5 Å². The lowest BCUT2D eigenvalue weighted by Crippen LogP contribution is -2.33. The molecule has 0 bridgehead atoms. The zero-order chi connectivity index (χ0) is 6.69. The van der Waals surface area contributed by atoms with Gasteiger partial charge in [0.05, 0.1) is 0 Å². The summed E-state index contributed by atoms with van der Waals surface area (Å²) < 4.78 is 0. The molecule has 0 N–H and O–H groups in total. The van der Waals surface area contributed by atoms with Gasteiger partial charge in [-0.05, 0) is 31.8 Å². The topological polar surface area (TPSA) is 3.24 Å². The lowest BCUT2D eigenvalue weighted by atomic mass is 10.0. The normalized spacial score (nSPS) is 30.7. The van der Waals surface area contributed by atoms with E-state index < -0.39 is 0 Å². The molecule has 0 radical (unpaired) electrons. The van der Waals surface area contributed by atoms with Gasteiger partial charge >= 0.3 is 0 Å². The Morgan fingerprint density at radius 1 is 1.56 bits per heavy atom. The molecule has 0 aromatic carbocycles. The highest BCUT2D eigenvalue weighted by Gasteiger charge is 2.13. The van der Waals surface area contributed by atoms with Crippen LogP contribution in [0.25, 0.3) is 0 Å². The Morgan fingerprint density at radius 3 is 2.78 bits per heavy atom. The van der Waals surface area contributed by atoms with Gasteiger partial charge in [0.15, 0.2) is 0 Å². The smallest absolute Gasteiger partial charge is 0.000691 e. The van der Waals surface area contributed by atoms with E-state index in [4.69, 9.17) is 0 Å². The zero-order valence-electron chi connectivity index (χ0n) is 6.56. The fourth-order valence-electron chi connectivity index (χ4n) is 1.57. The van der Waals surface area contributed by atoms with Gasteiger partial charge < -0.3 is 4.90 Å². The van der Waals surface area contributed by atoms with E-state index in [1.54, 1.807) is 0 Å². The van der Waals surface area contributed by atoms with Crippen molar-refractivity contribution in [3.8, 4) is 0 Å². The number of piperidine rings is 1. The lowest BCUT2D eigenvalue weighted by molar-refractivity contribution is 0.192. The van der Waals surface area contributed by atoms with Gasteiger partial charge in [-0.25, -0.2) is 0 Å². The molecule has 0 aromatic heterocycles. The monoisotopic (exact) mass is 127 g/mol. The van der Waals surface area contributed by atoms with E-state index in [0.717, 1.165) is 5.92 Å². The number of rotatable bonds is 1. The van der Waals surface area contributed by atoms with Crippen LogP contribution in [0.4, 0.5) is 0 Å². The number of hydrogen-bond donors (Lipinski definition) is 0. The van der Waals surface area contributed by atoms with Crippen molar-refractivity contribution in [2.75, 3.05) is 19.6 Å². The molecule has 54 valence electrons. The van der Waals surface area contributed by atoms with Gasteiger partial charge in [-0.3, -0.25) is 0 Å².